The molecule has 8 N–H and O–H groups in total. The number of hydrogen-bond acceptors (Lipinski definition) is 10. The quantitative estimate of drug-likeness (QED) is 0.0416. The largest absolute Gasteiger partial charge is 0.394 e. The Morgan fingerprint density at radius 1 is 0.768 bits per heavy atom. The molecule has 56 heavy (non-hydrogen) atoms. The van der Waals surface area contributed by atoms with E-state index in [0.717, 1.165) is 77.0 Å². The monoisotopic (exact) mass is 799 g/mol. The molecule has 12 nitrogen and oxygen atoms in total. The second-order valence-corrected chi connectivity index (χ2v) is 15.6. The van der Waals surface area contributed by atoms with Crippen LogP contribution in [0.1, 0.15) is 165 Å². The molecule has 1 aliphatic rings. The number of unbranched alkanes of at least 4 members (excludes halogenated alkanes) is 19. The van der Waals surface area contributed by atoms with Crippen molar-refractivity contribution in [2.75, 3.05) is 19.8 Å². The first kappa shape index (κ1) is 49.9. The number of carbonyl (C=O) groups is 2. The van der Waals surface area contributed by atoms with Gasteiger partial charge in [0.1, 0.15) is 36.3 Å². The molecule has 0 radical (unpaired) electrons. The fourth-order valence-corrected chi connectivity index (χ4v) is 7.12. The van der Waals surface area contributed by atoms with Crippen molar-refractivity contribution in [1.82, 2.24) is 10.6 Å². The molecule has 1 aromatic carbocycles. The fraction of sp³-hybridized carbons (Fsp3) is 0.814. The maximum absolute atomic E-state index is 13.3. The van der Waals surface area contributed by atoms with E-state index in [-0.39, 0.29) is 24.8 Å². The van der Waals surface area contributed by atoms with Crippen LogP contribution in [0.4, 0.5) is 4.39 Å². The first-order valence-electron chi connectivity index (χ1n) is 21.7. The third-order valence-corrected chi connectivity index (χ3v) is 10.7. The van der Waals surface area contributed by atoms with Gasteiger partial charge in [-0.2, -0.15) is 0 Å². The van der Waals surface area contributed by atoms with Crippen molar-refractivity contribution in [2.24, 2.45) is 0 Å². The molecule has 2 rings (SSSR count). The Hall–Kier alpha value is -2.23. The summed E-state index contributed by atoms with van der Waals surface area (Å²) in [6.45, 7) is 1.81. The van der Waals surface area contributed by atoms with Crippen LogP contribution in [0.3, 0.4) is 0 Å². The van der Waals surface area contributed by atoms with E-state index in [2.05, 4.69) is 17.6 Å². The van der Waals surface area contributed by atoms with Gasteiger partial charge in [-0.25, -0.2) is 4.39 Å². The molecule has 324 valence electrons. The second-order valence-electron chi connectivity index (χ2n) is 15.6. The summed E-state index contributed by atoms with van der Waals surface area (Å²) < 4.78 is 24.4. The van der Waals surface area contributed by atoms with Crippen molar-refractivity contribution in [2.45, 2.75) is 204 Å². The smallest absolute Gasteiger partial charge is 0.251 e. The number of aliphatic hydroxyl groups excluding tert-OH is 6. The van der Waals surface area contributed by atoms with Gasteiger partial charge in [-0.1, -0.05) is 135 Å². The standard InChI is InChI=1S/C43H75FN2O10/c1-2-3-4-5-6-7-8-9-11-14-17-20-26-35(48)38(50)34(31-55-43-41(53)40(52)39(51)36(30-47)56-43)46-37(49)27-21-18-15-12-10-13-16-19-22-28-45-42(54)32-24-23-25-33(44)29-32/h23-25,29,34-36,38-41,43,47-48,50-53H,2-22,26-28,30-31H2,1H3,(H,45,54)(H,46,49)/t34-,35+,36?,38-,39-,40-,41?,43-/m0/s1. The van der Waals surface area contributed by atoms with E-state index in [1.54, 1.807) is 6.07 Å². The molecule has 0 spiro atoms. The Bertz CT molecular complexity index is 1160. The van der Waals surface area contributed by atoms with E-state index >= 15 is 0 Å². The Morgan fingerprint density at radius 2 is 1.32 bits per heavy atom. The highest BCUT2D eigenvalue weighted by molar-refractivity contribution is 5.94. The zero-order chi connectivity index (χ0) is 41.0. The van der Waals surface area contributed by atoms with Crippen LogP contribution in [-0.4, -0.2) is 111 Å². The number of carbonyl (C=O) groups excluding carboxylic acids is 2. The van der Waals surface area contributed by atoms with Crippen LogP contribution in [0.15, 0.2) is 24.3 Å². The lowest BCUT2D eigenvalue weighted by molar-refractivity contribution is -0.303. The van der Waals surface area contributed by atoms with Gasteiger partial charge in [-0.05, 0) is 37.5 Å². The summed E-state index contributed by atoms with van der Waals surface area (Å²) in [4.78, 5) is 25.1. The maximum Gasteiger partial charge on any atom is 0.251 e. The molecule has 0 saturated carbocycles. The average molecular weight is 799 g/mol. The predicted molar refractivity (Wildman–Crippen MR) is 214 cm³/mol. The van der Waals surface area contributed by atoms with Crippen LogP contribution in [-0.2, 0) is 14.3 Å². The molecular formula is C43H75FN2O10. The summed E-state index contributed by atoms with van der Waals surface area (Å²) >= 11 is 0. The summed E-state index contributed by atoms with van der Waals surface area (Å²) in [6.07, 6.45) is 13.3. The minimum absolute atomic E-state index is 0.222. The number of benzene rings is 1. The van der Waals surface area contributed by atoms with Crippen LogP contribution in [0, 0.1) is 5.82 Å². The Balaban J connectivity index is 1.68. The van der Waals surface area contributed by atoms with Crippen LogP contribution >= 0.6 is 0 Å². The number of ether oxygens (including phenoxy) is 2. The van der Waals surface area contributed by atoms with Crippen LogP contribution in [0.2, 0.25) is 0 Å². The minimum atomic E-state index is -1.63. The molecule has 1 heterocycles. The van der Waals surface area contributed by atoms with E-state index in [0.29, 0.717) is 24.9 Å². The van der Waals surface area contributed by atoms with Crippen LogP contribution in [0.25, 0.3) is 0 Å². The maximum atomic E-state index is 13.3. The van der Waals surface area contributed by atoms with E-state index in [9.17, 15) is 44.6 Å². The SMILES string of the molecule is CCCCCCCCCCCCCC[C@@H](O)[C@@H](O)[C@H](CO[C@H]1OC(CO)[C@H](O)[C@H](O)C1O)NC(=O)CCCCCCCCCCCNC(=O)c1cccc(F)c1. The van der Waals surface area contributed by atoms with E-state index in [1.807, 2.05) is 0 Å². The number of rotatable bonds is 33. The Morgan fingerprint density at radius 3 is 1.89 bits per heavy atom. The highest BCUT2D eigenvalue weighted by Gasteiger charge is 2.44. The number of hydrogen-bond donors (Lipinski definition) is 8. The average Bonchev–Trinajstić information content (AvgIpc) is 3.19. The Labute approximate surface area is 335 Å². The molecule has 0 aromatic heterocycles. The first-order chi connectivity index (χ1) is 27.1. The van der Waals surface area contributed by atoms with Crippen molar-refractivity contribution >= 4 is 11.8 Å². The minimum Gasteiger partial charge on any atom is -0.394 e. The topological polar surface area (TPSA) is 198 Å². The van der Waals surface area contributed by atoms with Crippen molar-refractivity contribution < 1.29 is 54.1 Å². The number of nitrogens with one attached hydrogen (secondary N) is 2. The van der Waals surface area contributed by atoms with Gasteiger partial charge in [0.05, 0.1) is 25.4 Å². The van der Waals surface area contributed by atoms with Crippen molar-refractivity contribution in [1.29, 1.82) is 0 Å². The molecule has 0 aliphatic carbocycles. The van der Waals surface area contributed by atoms with Gasteiger partial charge in [0.15, 0.2) is 6.29 Å². The third-order valence-electron chi connectivity index (χ3n) is 10.7. The van der Waals surface area contributed by atoms with Crippen molar-refractivity contribution in [3.63, 3.8) is 0 Å². The van der Waals surface area contributed by atoms with Gasteiger partial charge in [-0.3, -0.25) is 9.59 Å². The highest BCUT2D eigenvalue weighted by Crippen LogP contribution is 2.23. The van der Waals surface area contributed by atoms with Gasteiger partial charge >= 0.3 is 0 Å². The van der Waals surface area contributed by atoms with Gasteiger partial charge in [0, 0.05) is 18.5 Å². The summed E-state index contributed by atoms with van der Waals surface area (Å²) in [6, 6.07) is 4.61. The molecule has 8 atom stereocenters. The summed E-state index contributed by atoms with van der Waals surface area (Å²) in [7, 11) is 0. The molecular weight excluding hydrogens is 723 g/mol. The van der Waals surface area contributed by atoms with Crippen LogP contribution < -0.4 is 10.6 Å². The molecule has 1 aromatic rings. The zero-order valence-corrected chi connectivity index (χ0v) is 34.0. The van der Waals surface area contributed by atoms with Crippen molar-refractivity contribution in [3.05, 3.63) is 35.6 Å². The molecule has 1 fully saturated rings. The lowest BCUT2D eigenvalue weighted by Gasteiger charge is -2.40. The predicted octanol–water partition coefficient (Wildman–Crippen LogP) is 5.57. The summed E-state index contributed by atoms with van der Waals surface area (Å²) in [5.74, 6) is -1.01. The van der Waals surface area contributed by atoms with E-state index in [4.69, 9.17) is 9.47 Å². The highest BCUT2D eigenvalue weighted by atomic mass is 19.1. The van der Waals surface area contributed by atoms with E-state index in [1.165, 1.54) is 69.6 Å². The number of halogens is 1. The lowest BCUT2D eigenvalue weighted by Crippen LogP contribution is -2.60. The van der Waals surface area contributed by atoms with Crippen molar-refractivity contribution in [3.8, 4) is 0 Å². The third kappa shape index (κ3) is 21.0. The first-order valence-corrected chi connectivity index (χ1v) is 21.7. The van der Waals surface area contributed by atoms with Gasteiger partial charge in [-0.15, -0.1) is 0 Å². The summed E-state index contributed by atoms with van der Waals surface area (Å²) in [5, 5.41) is 67.8. The molecule has 2 amide bonds. The number of amides is 2. The van der Waals surface area contributed by atoms with Gasteiger partial charge < -0.3 is 50.7 Å². The normalized spacial score (nSPS) is 21.4. The molecule has 1 aliphatic heterocycles. The van der Waals surface area contributed by atoms with Gasteiger partial charge in [0.25, 0.3) is 5.91 Å². The molecule has 13 heteroatoms. The van der Waals surface area contributed by atoms with Crippen LogP contribution in [0.5, 0.6) is 0 Å². The Kier molecular flexibility index (Phi) is 27.4. The number of aliphatic hydroxyl groups is 6. The van der Waals surface area contributed by atoms with Gasteiger partial charge in [0.2, 0.25) is 5.91 Å². The molecule has 2 unspecified atom stereocenters. The lowest BCUT2D eigenvalue weighted by atomic mass is 9.98. The fourth-order valence-electron chi connectivity index (χ4n) is 7.12. The zero-order valence-electron chi connectivity index (χ0n) is 34.0. The molecule has 1 saturated heterocycles. The van der Waals surface area contributed by atoms with E-state index < -0.39 is 61.4 Å². The molecule has 0 bridgehead atoms. The second kappa shape index (κ2) is 30.8. The summed E-state index contributed by atoms with van der Waals surface area (Å²) in [5.41, 5.74) is 0.319.